The predicted molar refractivity (Wildman–Crippen MR) is 73.8 cm³/mol. The number of aromatic nitrogens is 4. The summed E-state index contributed by atoms with van der Waals surface area (Å²) in [4.78, 5) is 4.45. The molecule has 3 aromatic rings. The zero-order chi connectivity index (χ0) is 13.8. The van der Waals surface area contributed by atoms with E-state index in [4.69, 9.17) is 10.2 Å². The van der Waals surface area contributed by atoms with Gasteiger partial charge in [0.2, 0.25) is 5.89 Å². The lowest BCUT2D eigenvalue weighted by Crippen LogP contribution is -2.03. The molecule has 0 unspecified atom stereocenters. The third kappa shape index (κ3) is 2.75. The third-order valence-electron chi connectivity index (χ3n) is 2.88. The zero-order valence-corrected chi connectivity index (χ0v) is 10.9. The smallest absolute Gasteiger partial charge is 0.226 e. The summed E-state index contributed by atoms with van der Waals surface area (Å²) in [7, 11) is 0. The molecule has 2 N–H and O–H groups in total. The van der Waals surface area contributed by atoms with Crippen molar-refractivity contribution in [3.63, 3.8) is 0 Å². The molecule has 20 heavy (non-hydrogen) atoms. The monoisotopic (exact) mass is 269 g/mol. The molecule has 0 aliphatic heterocycles. The van der Waals surface area contributed by atoms with E-state index >= 15 is 0 Å². The van der Waals surface area contributed by atoms with Crippen LogP contribution in [0.1, 0.15) is 11.4 Å². The van der Waals surface area contributed by atoms with Gasteiger partial charge in [-0.05, 0) is 18.7 Å². The summed E-state index contributed by atoms with van der Waals surface area (Å²) >= 11 is 0. The molecule has 0 saturated heterocycles. The van der Waals surface area contributed by atoms with Gasteiger partial charge in [-0.1, -0.05) is 23.4 Å². The van der Waals surface area contributed by atoms with Crippen molar-refractivity contribution >= 4 is 0 Å². The molecule has 0 spiro atoms. The van der Waals surface area contributed by atoms with E-state index in [1.165, 1.54) is 0 Å². The Kier molecular flexibility index (Phi) is 3.56. The molecule has 0 fully saturated rings. The van der Waals surface area contributed by atoms with Gasteiger partial charge in [-0.25, -0.2) is 9.67 Å². The van der Waals surface area contributed by atoms with Gasteiger partial charge in [-0.3, -0.25) is 0 Å². The molecule has 0 saturated carbocycles. The van der Waals surface area contributed by atoms with Crippen LogP contribution in [0.4, 0.5) is 0 Å². The molecule has 2 heterocycles. The second-order valence-corrected chi connectivity index (χ2v) is 4.46. The summed E-state index contributed by atoms with van der Waals surface area (Å²) in [6.45, 7) is 1.11. The summed E-state index contributed by atoms with van der Waals surface area (Å²) in [6.07, 6.45) is 4.25. The molecule has 6 nitrogen and oxygen atoms in total. The van der Waals surface area contributed by atoms with Gasteiger partial charge >= 0.3 is 0 Å². The highest BCUT2D eigenvalue weighted by Gasteiger charge is 2.08. The first kappa shape index (κ1) is 12.6. The van der Waals surface area contributed by atoms with E-state index < -0.39 is 0 Å². The minimum atomic E-state index is 0.536. The van der Waals surface area contributed by atoms with Crippen LogP contribution in [-0.2, 0) is 13.0 Å². The van der Waals surface area contributed by atoms with E-state index in [1.807, 2.05) is 36.5 Å². The van der Waals surface area contributed by atoms with Gasteiger partial charge < -0.3 is 10.2 Å². The lowest BCUT2D eigenvalue weighted by atomic mass is 10.2. The standard InChI is InChI=1S/C14H15N5O/c15-7-6-12-8-19(18-17-12)9-13-10-20-14(16-13)11-4-2-1-3-5-11/h1-5,8,10H,6-7,9,15H2. The van der Waals surface area contributed by atoms with Crippen molar-refractivity contribution in [1.29, 1.82) is 0 Å². The molecule has 102 valence electrons. The first-order chi connectivity index (χ1) is 9.85. The zero-order valence-electron chi connectivity index (χ0n) is 10.9. The van der Waals surface area contributed by atoms with Crippen LogP contribution in [0, 0.1) is 0 Å². The average Bonchev–Trinajstić information content (AvgIpc) is 3.11. The molecule has 6 heteroatoms. The Bertz CT molecular complexity index is 674. The highest BCUT2D eigenvalue weighted by molar-refractivity contribution is 5.52. The molecule has 0 aliphatic carbocycles. The van der Waals surface area contributed by atoms with Gasteiger partial charge in [0.25, 0.3) is 0 Å². The minimum Gasteiger partial charge on any atom is -0.444 e. The van der Waals surface area contributed by atoms with Crippen LogP contribution in [0.15, 0.2) is 47.2 Å². The van der Waals surface area contributed by atoms with Crippen LogP contribution in [-0.4, -0.2) is 26.5 Å². The fourth-order valence-electron chi connectivity index (χ4n) is 1.94. The summed E-state index contributed by atoms with van der Waals surface area (Å²) < 4.78 is 7.22. The highest BCUT2D eigenvalue weighted by atomic mass is 16.3. The minimum absolute atomic E-state index is 0.536. The first-order valence-corrected chi connectivity index (χ1v) is 6.44. The van der Waals surface area contributed by atoms with Crippen LogP contribution in [0.2, 0.25) is 0 Å². The Hall–Kier alpha value is -2.47. The molecular weight excluding hydrogens is 254 g/mol. The lowest BCUT2D eigenvalue weighted by Gasteiger charge is -1.94. The number of rotatable bonds is 5. The van der Waals surface area contributed by atoms with E-state index in [9.17, 15) is 0 Å². The van der Waals surface area contributed by atoms with E-state index in [-0.39, 0.29) is 0 Å². The fourth-order valence-corrected chi connectivity index (χ4v) is 1.94. The maximum Gasteiger partial charge on any atom is 0.226 e. The van der Waals surface area contributed by atoms with Gasteiger partial charge in [0.1, 0.15) is 12.0 Å². The molecule has 0 atom stereocenters. The fraction of sp³-hybridized carbons (Fsp3) is 0.214. The quantitative estimate of drug-likeness (QED) is 0.758. The second kappa shape index (κ2) is 5.66. The Labute approximate surface area is 116 Å². The number of nitrogens with zero attached hydrogens (tertiary/aromatic N) is 4. The summed E-state index contributed by atoms with van der Waals surface area (Å²) in [5.74, 6) is 0.614. The molecule has 0 bridgehead atoms. The number of benzene rings is 1. The Morgan fingerprint density at radius 3 is 2.80 bits per heavy atom. The van der Waals surface area contributed by atoms with Gasteiger partial charge in [0, 0.05) is 18.2 Å². The molecule has 0 aliphatic rings. The van der Waals surface area contributed by atoms with Crippen molar-refractivity contribution < 1.29 is 4.42 Å². The van der Waals surface area contributed by atoms with Crippen LogP contribution in [0.5, 0.6) is 0 Å². The molecule has 0 amide bonds. The third-order valence-corrected chi connectivity index (χ3v) is 2.88. The van der Waals surface area contributed by atoms with Crippen molar-refractivity contribution in [3.8, 4) is 11.5 Å². The summed E-state index contributed by atoms with van der Waals surface area (Å²) in [5, 5.41) is 8.08. The van der Waals surface area contributed by atoms with E-state index in [0.717, 1.165) is 23.4 Å². The SMILES string of the molecule is NCCc1cn(Cc2coc(-c3ccccc3)n2)nn1. The first-order valence-electron chi connectivity index (χ1n) is 6.44. The Morgan fingerprint density at radius 1 is 1.15 bits per heavy atom. The maximum absolute atomic E-state index is 5.49. The van der Waals surface area contributed by atoms with Gasteiger partial charge in [0.15, 0.2) is 0 Å². The normalized spacial score (nSPS) is 10.8. The van der Waals surface area contributed by atoms with Crippen LogP contribution >= 0.6 is 0 Å². The van der Waals surface area contributed by atoms with Crippen LogP contribution in [0.25, 0.3) is 11.5 Å². The number of oxazole rings is 1. The average molecular weight is 269 g/mol. The second-order valence-electron chi connectivity index (χ2n) is 4.46. The predicted octanol–water partition coefficient (Wildman–Crippen LogP) is 1.48. The molecular formula is C14H15N5O. The topological polar surface area (TPSA) is 82.8 Å². The molecule has 2 aromatic heterocycles. The van der Waals surface area contributed by atoms with Crippen LogP contribution in [0.3, 0.4) is 0 Å². The van der Waals surface area contributed by atoms with E-state index in [1.54, 1.807) is 10.9 Å². The lowest BCUT2D eigenvalue weighted by molar-refractivity contribution is 0.568. The van der Waals surface area contributed by atoms with E-state index in [0.29, 0.717) is 19.0 Å². The summed E-state index contributed by atoms with van der Waals surface area (Å²) in [5.41, 5.74) is 8.15. The highest BCUT2D eigenvalue weighted by Crippen LogP contribution is 2.18. The van der Waals surface area contributed by atoms with Gasteiger partial charge in [0.05, 0.1) is 12.2 Å². The van der Waals surface area contributed by atoms with Gasteiger partial charge in [-0.15, -0.1) is 5.10 Å². The van der Waals surface area contributed by atoms with Crippen molar-refractivity contribution in [2.45, 2.75) is 13.0 Å². The Balaban J connectivity index is 1.73. The number of hydrogen-bond acceptors (Lipinski definition) is 5. The summed E-state index contributed by atoms with van der Waals surface area (Å²) in [6, 6.07) is 9.79. The van der Waals surface area contributed by atoms with Crippen molar-refractivity contribution in [1.82, 2.24) is 20.0 Å². The molecule has 1 aromatic carbocycles. The van der Waals surface area contributed by atoms with E-state index in [2.05, 4.69) is 15.3 Å². The maximum atomic E-state index is 5.49. The Morgan fingerprint density at radius 2 is 2.00 bits per heavy atom. The van der Waals surface area contributed by atoms with Crippen molar-refractivity contribution in [3.05, 3.63) is 54.2 Å². The number of hydrogen-bond donors (Lipinski definition) is 1. The van der Waals surface area contributed by atoms with Gasteiger partial charge in [-0.2, -0.15) is 0 Å². The largest absolute Gasteiger partial charge is 0.444 e. The number of nitrogens with two attached hydrogens (primary N) is 1. The van der Waals surface area contributed by atoms with Crippen molar-refractivity contribution in [2.24, 2.45) is 5.73 Å². The molecule has 0 radical (unpaired) electrons. The van der Waals surface area contributed by atoms with Crippen LogP contribution < -0.4 is 5.73 Å². The molecule has 3 rings (SSSR count). The van der Waals surface area contributed by atoms with Crippen molar-refractivity contribution in [2.75, 3.05) is 6.54 Å².